The van der Waals surface area contributed by atoms with Gasteiger partial charge in [-0.05, 0) is 56.4 Å². The maximum absolute atomic E-state index is 11.8. The molecule has 1 atom stereocenters. The lowest BCUT2D eigenvalue weighted by atomic mass is 10.2. The van der Waals surface area contributed by atoms with Gasteiger partial charge in [-0.1, -0.05) is 37.3 Å². The molecule has 0 radical (unpaired) electrons. The molecule has 1 fully saturated rings. The van der Waals surface area contributed by atoms with E-state index in [0.717, 1.165) is 29.9 Å². The minimum atomic E-state index is -0.775. The van der Waals surface area contributed by atoms with Crippen LogP contribution in [-0.4, -0.2) is 58.7 Å². The number of aryl methyl sites for hydroxylation is 1. The summed E-state index contributed by atoms with van der Waals surface area (Å²) in [5.74, 6) is 2.17. The average Bonchev–Trinajstić information content (AvgIpc) is 3.67. The van der Waals surface area contributed by atoms with Crippen molar-refractivity contribution in [2.75, 3.05) is 26.8 Å². The van der Waals surface area contributed by atoms with E-state index in [0.29, 0.717) is 42.8 Å². The number of hydrogen-bond acceptors (Lipinski definition) is 7. The van der Waals surface area contributed by atoms with E-state index in [2.05, 4.69) is 4.90 Å². The Bertz CT molecular complexity index is 1160. The summed E-state index contributed by atoms with van der Waals surface area (Å²) < 4.78 is 19.1. The second-order valence-corrected chi connectivity index (χ2v) is 9.59. The third-order valence-corrected chi connectivity index (χ3v) is 6.37. The monoisotopic (exact) mass is 507 g/mol. The van der Waals surface area contributed by atoms with Gasteiger partial charge in [0, 0.05) is 26.1 Å². The third-order valence-electron chi connectivity index (χ3n) is 6.37. The van der Waals surface area contributed by atoms with Gasteiger partial charge in [-0.15, -0.1) is 0 Å². The van der Waals surface area contributed by atoms with E-state index >= 15 is 0 Å². The van der Waals surface area contributed by atoms with Crippen molar-refractivity contribution in [3.8, 4) is 23.1 Å². The first kappa shape index (κ1) is 26.7. The zero-order valence-electron chi connectivity index (χ0n) is 21.9. The number of para-hydroxylation sites is 3. The number of ether oxygens (including phenoxy) is 3. The van der Waals surface area contributed by atoms with Crippen molar-refractivity contribution in [2.45, 2.75) is 52.2 Å². The summed E-state index contributed by atoms with van der Waals surface area (Å²) in [6.07, 6.45) is 2.68. The number of rotatable bonds is 14. The van der Waals surface area contributed by atoms with Crippen molar-refractivity contribution >= 4 is 5.97 Å². The second-order valence-electron chi connectivity index (χ2n) is 9.59. The zero-order valence-corrected chi connectivity index (χ0v) is 21.9. The van der Waals surface area contributed by atoms with Crippen molar-refractivity contribution in [3.05, 3.63) is 65.9 Å². The highest BCUT2D eigenvalue weighted by Crippen LogP contribution is 2.37. The van der Waals surface area contributed by atoms with Crippen LogP contribution in [0.3, 0.4) is 0 Å². The van der Waals surface area contributed by atoms with Crippen LogP contribution in [-0.2, 0) is 16.1 Å². The summed E-state index contributed by atoms with van der Waals surface area (Å²) >= 11 is 0. The van der Waals surface area contributed by atoms with E-state index in [4.69, 9.17) is 19.3 Å². The number of methoxy groups -OCH3 is 1. The summed E-state index contributed by atoms with van der Waals surface area (Å²) in [5, 5.41) is 15.5. The molecule has 0 bridgehead atoms. The summed E-state index contributed by atoms with van der Waals surface area (Å²) in [5.41, 5.74) is 2.67. The summed E-state index contributed by atoms with van der Waals surface area (Å²) in [7, 11) is 1.62. The molecule has 1 heterocycles. The minimum Gasteiger partial charge on any atom is -0.493 e. The Morgan fingerprint density at radius 3 is 2.51 bits per heavy atom. The first-order valence-corrected chi connectivity index (χ1v) is 13.0. The Morgan fingerprint density at radius 1 is 1.14 bits per heavy atom. The average molecular weight is 508 g/mol. The predicted molar refractivity (Wildman–Crippen MR) is 141 cm³/mol. The van der Waals surface area contributed by atoms with E-state index in [1.807, 2.05) is 73.1 Å². The van der Waals surface area contributed by atoms with Gasteiger partial charge < -0.3 is 19.3 Å². The van der Waals surface area contributed by atoms with Crippen LogP contribution in [0.1, 0.15) is 43.9 Å². The van der Waals surface area contributed by atoms with E-state index in [9.17, 15) is 9.90 Å². The largest absolute Gasteiger partial charge is 0.493 e. The highest BCUT2D eigenvalue weighted by atomic mass is 16.5. The summed E-state index contributed by atoms with van der Waals surface area (Å²) in [6.45, 7) is 5.68. The van der Waals surface area contributed by atoms with Crippen LogP contribution >= 0.6 is 0 Å². The van der Waals surface area contributed by atoms with Gasteiger partial charge >= 0.3 is 5.97 Å². The van der Waals surface area contributed by atoms with Crippen molar-refractivity contribution in [1.82, 2.24) is 14.7 Å². The zero-order chi connectivity index (χ0) is 26.2. The number of hydrogen-bond donors (Lipinski definition) is 1. The highest BCUT2D eigenvalue weighted by Gasteiger charge is 2.28. The van der Waals surface area contributed by atoms with Crippen LogP contribution in [0.15, 0.2) is 54.6 Å². The molecule has 37 heavy (non-hydrogen) atoms. The quantitative estimate of drug-likeness (QED) is 0.311. The molecule has 1 saturated carbocycles. The van der Waals surface area contributed by atoms with E-state index in [1.54, 1.807) is 7.11 Å². The number of aromatic nitrogens is 2. The van der Waals surface area contributed by atoms with Gasteiger partial charge in [0.25, 0.3) is 0 Å². The predicted octanol–water partition coefficient (Wildman–Crippen LogP) is 4.90. The SMILES string of the molecule is CCCC(=O)OCC(O)CN(Cc1c(C)nn(-c2ccccc2)c1Oc1ccccc1OC)CC1CC1. The van der Waals surface area contributed by atoms with E-state index in [-0.39, 0.29) is 12.6 Å². The van der Waals surface area contributed by atoms with Gasteiger partial charge in [-0.25, -0.2) is 4.68 Å². The third kappa shape index (κ3) is 7.33. The number of aliphatic hydroxyl groups excluding tert-OH is 1. The molecule has 2 aromatic carbocycles. The summed E-state index contributed by atoms with van der Waals surface area (Å²) in [6, 6.07) is 17.4. The number of benzene rings is 2. The number of carbonyl (C=O) groups excluding carboxylic acids is 1. The topological polar surface area (TPSA) is 86.1 Å². The molecular formula is C29H37N3O5. The van der Waals surface area contributed by atoms with E-state index < -0.39 is 6.10 Å². The van der Waals surface area contributed by atoms with Gasteiger partial charge in [0.1, 0.15) is 12.7 Å². The number of aliphatic hydroxyl groups is 1. The Morgan fingerprint density at radius 2 is 1.84 bits per heavy atom. The molecule has 1 N–H and O–H groups in total. The van der Waals surface area contributed by atoms with Crippen LogP contribution < -0.4 is 9.47 Å². The Labute approximate surface area is 218 Å². The normalized spacial score (nSPS) is 14.0. The highest BCUT2D eigenvalue weighted by molar-refractivity contribution is 5.69. The number of esters is 1. The molecular weight excluding hydrogens is 470 g/mol. The Hall–Kier alpha value is -3.36. The Kier molecular flexibility index (Phi) is 9.19. The molecule has 0 amide bonds. The first-order valence-electron chi connectivity index (χ1n) is 13.0. The van der Waals surface area contributed by atoms with Crippen molar-refractivity contribution in [3.63, 3.8) is 0 Å². The molecule has 8 nitrogen and oxygen atoms in total. The van der Waals surface area contributed by atoms with Gasteiger partial charge in [0.05, 0.1) is 24.1 Å². The van der Waals surface area contributed by atoms with Crippen molar-refractivity contribution in [2.24, 2.45) is 5.92 Å². The van der Waals surface area contributed by atoms with Crippen LogP contribution in [0.5, 0.6) is 17.4 Å². The maximum Gasteiger partial charge on any atom is 0.305 e. The molecule has 1 unspecified atom stereocenters. The lowest BCUT2D eigenvalue weighted by molar-refractivity contribution is -0.147. The van der Waals surface area contributed by atoms with Crippen molar-refractivity contribution in [1.29, 1.82) is 0 Å². The van der Waals surface area contributed by atoms with Gasteiger partial charge in [0.15, 0.2) is 11.5 Å². The molecule has 1 aliphatic rings. The Balaban J connectivity index is 1.61. The first-order chi connectivity index (χ1) is 18.0. The van der Waals surface area contributed by atoms with Gasteiger partial charge in [0.2, 0.25) is 5.88 Å². The van der Waals surface area contributed by atoms with Crippen LogP contribution in [0.25, 0.3) is 5.69 Å². The van der Waals surface area contributed by atoms with Crippen molar-refractivity contribution < 1.29 is 24.1 Å². The second kappa shape index (κ2) is 12.7. The number of carbonyl (C=O) groups is 1. The smallest absolute Gasteiger partial charge is 0.305 e. The molecule has 4 rings (SSSR count). The molecule has 0 aliphatic heterocycles. The lowest BCUT2D eigenvalue weighted by Crippen LogP contribution is -2.36. The fraction of sp³-hybridized carbons (Fsp3) is 0.448. The fourth-order valence-electron chi connectivity index (χ4n) is 4.29. The van der Waals surface area contributed by atoms with Crippen LogP contribution in [0.4, 0.5) is 0 Å². The van der Waals surface area contributed by atoms with Gasteiger partial charge in [-0.2, -0.15) is 5.10 Å². The molecule has 8 heteroatoms. The molecule has 0 saturated heterocycles. The molecule has 0 spiro atoms. The maximum atomic E-state index is 11.8. The van der Waals surface area contributed by atoms with Crippen LogP contribution in [0.2, 0.25) is 0 Å². The molecule has 1 aromatic heterocycles. The van der Waals surface area contributed by atoms with E-state index in [1.165, 1.54) is 12.8 Å². The minimum absolute atomic E-state index is 0.00711. The lowest BCUT2D eigenvalue weighted by Gasteiger charge is -2.25. The summed E-state index contributed by atoms with van der Waals surface area (Å²) in [4.78, 5) is 14.0. The van der Waals surface area contributed by atoms with Gasteiger partial charge in [-0.3, -0.25) is 9.69 Å². The fourth-order valence-corrected chi connectivity index (χ4v) is 4.29. The standard InChI is InChI=1S/C29H37N3O5/c1-4-10-28(34)36-20-24(33)18-31(17-22-15-16-22)19-25-21(2)30-32(23-11-6-5-7-12-23)29(25)37-27-14-9-8-13-26(27)35-3/h5-9,11-14,22,24,33H,4,10,15-20H2,1-3H3. The molecule has 198 valence electrons. The molecule has 1 aliphatic carbocycles. The molecule has 3 aromatic rings. The number of nitrogens with zero attached hydrogens (tertiary/aromatic N) is 3. The van der Waals surface area contributed by atoms with Crippen LogP contribution in [0, 0.1) is 12.8 Å².